The van der Waals surface area contributed by atoms with Gasteiger partial charge in [-0.3, -0.25) is 0 Å². The van der Waals surface area contributed by atoms with Gasteiger partial charge in [-0.25, -0.2) is 13.7 Å². The summed E-state index contributed by atoms with van der Waals surface area (Å²) in [4.78, 5) is 12.9. The number of hydrogen-bond acceptors (Lipinski definition) is 5. The predicted molar refractivity (Wildman–Crippen MR) is 108 cm³/mol. The molecule has 2 aromatic rings. The van der Waals surface area contributed by atoms with Crippen molar-refractivity contribution in [2.75, 3.05) is 11.9 Å². The second-order valence-corrected chi connectivity index (χ2v) is 9.54. The third-order valence-electron chi connectivity index (χ3n) is 5.88. The monoisotopic (exact) mass is 416 g/mol. The molecule has 3 aliphatic rings. The number of rotatable bonds is 2. The Kier molecular flexibility index (Phi) is 4.40. The molecule has 0 bridgehead atoms. The van der Waals surface area contributed by atoms with Gasteiger partial charge in [-0.1, -0.05) is 6.07 Å². The molecule has 2 heterocycles. The molecule has 0 fully saturated rings. The zero-order valence-corrected chi connectivity index (χ0v) is 17.2. The van der Waals surface area contributed by atoms with Gasteiger partial charge in [0.25, 0.3) is 0 Å². The van der Waals surface area contributed by atoms with Gasteiger partial charge in [-0.2, -0.15) is 5.10 Å². The lowest BCUT2D eigenvalue weighted by molar-refractivity contribution is -0.0324. The van der Waals surface area contributed by atoms with Crippen molar-refractivity contribution in [3.05, 3.63) is 34.5 Å². The fourth-order valence-electron chi connectivity index (χ4n) is 4.58. The minimum absolute atomic E-state index is 0.0728. The lowest BCUT2D eigenvalue weighted by Crippen LogP contribution is -2.41. The molecular weight excluding hydrogens is 392 g/mol. The quantitative estimate of drug-likeness (QED) is 0.651. The second kappa shape index (κ2) is 6.84. The Morgan fingerprint density at radius 1 is 1.28 bits per heavy atom. The van der Waals surface area contributed by atoms with Crippen molar-refractivity contribution in [3.8, 4) is 5.88 Å². The number of ether oxygens (including phenoxy) is 1. The van der Waals surface area contributed by atoms with Crippen LogP contribution in [0.15, 0.2) is 21.5 Å². The molecule has 2 N–H and O–H groups in total. The van der Waals surface area contributed by atoms with Crippen LogP contribution >= 0.6 is 0 Å². The number of aryl methyl sites for hydroxylation is 2. The summed E-state index contributed by atoms with van der Waals surface area (Å²) in [7, 11) is -2.36. The number of amides is 2. The third kappa shape index (κ3) is 3.32. The molecule has 29 heavy (non-hydrogen) atoms. The van der Waals surface area contributed by atoms with Gasteiger partial charge in [-0.15, -0.1) is 4.36 Å². The Morgan fingerprint density at radius 3 is 2.66 bits per heavy atom. The minimum Gasteiger partial charge on any atom is -0.474 e. The maximum absolute atomic E-state index is 12.7. The van der Waals surface area contributed by atoms with Crippen LogP contribution in [0.2, 0.25) is 0 Å². The number of fused-ring (bicyclic) bond motifs is 3. The molecule has 5 rings (SSSR count). The Labute approximate surface area is 170 Å². The van der Waals surface area contributed by atoms with Crippen LogP contribution < -0.4 is 10.1 Å². The summed E-state index contributed by atoms with van der Waals surface area (Å²) >= 11 is 0. The van der Waals surface area contributed by atoms with Crippen LogP contribution in [0, 0.1) is 0 Å². The van der Waals surface area contributed by atoms with Crippen LogP contribution in [0.4, 0.5) is 10.5 Å². The average molecular weight is 417 g/mol. The van der Waals surface area contributed by atoms with E-state index >= 15 is 0 Å². The smallest absolute Gasteiger partial charge is 0.353 e. The van der Waals surface area contributed by atoms with E-state index in [9.17, 15) is 14.1 Å². The number of urea groups is 1. The first kappa shape index (κ1) is 18.6. The highest BCUT2D eigenvalue weighted by atomic mass is 32.2. The molecule has 0 saturated heterocycles. The molecular formula is C20H24N4O4S. The van der Waals surface area contributed by atoms with Crippen LogP contribution in [0.1, 0.15) is 42.0 Å². The van der Waals surface area contributed by atoms with Crippen LogP contribution in [0.3, 0.4) is 0 Å². The van der Waals surface area contributed by atoms with Crippen LogP contribution in [-0.2, 0) is 42.8 Å². The molecule has 2 aliphatic carbocycles. The summed E-state index contributed by atoms with van der Waals surface area (Å²) in [5.74, 6) is 0.302. The number of carbonyl (C=O) groups is 1. The Hall–Kier alpha value is -2.39. The molecule has 1 aromatic carbocycles. The number of nitrogens with zero attached hydrogens (tertiary/aromatic N) is 3. The van der Waals surface area contributed by atoms with E-state index in [0.717, 1.165) is 44.2 Å². The Morgan fingerprint density at radius 2 is 1.97 bits per heavy atom. The van der Waals surface area contributed by atoms with Gasteiger partial charge < -0.3 is 15.2 Å². The Balaban J connectivity index is 1.42. The van der Waals surface area contributed by atoms with E-state index in [1.165, 1.54) is 33.1 Å². The number of aliphatic hydroxyl groups is 1. The van der Waals surface area contributed by atoms with Crippen molar-refractivity contribution in [1.82, 2.24) is 9.78 Å². The maximum Gasteiger partial charge on any atom is 0.353 e. The van der Waals surface area contributed by atoms with E-state index in [-0.39, 0.29) is 18.0 Å². The SMILES string of the molecule is C[C@]1(O)COc2c([SH](=O)=NC(=O)Nc3c4c(cc5c3CCC5)CCC4)cnn2C1. The van der Waals surface area contributed by atoms with Gasteiger partial charge in [0.2, 0.25) is 5.88 Å². The number of hydrogen-bond donors (Lipinski definition) is 3. The highest BCUT2D eigenvalue weighted by Crippen LogP contribution is 2.38. The van der Waals surface area contributed by atoms with E-state index < -0.39 is 22.2 Å². The summed E-state index contributed by atoms with van der Waals surface area (Å²) in [6.45, 7) is 1.95. The zero-order valence-electron chi connectivity index (χ0n) is 16.3. The van der Waals surface area contributed by atoms with Crippen molar-refractivity contribution in [2.24, 2.45) is 4.36 Å². The number of anilines is 1. The summed E-state index contributed by atoms with van der Waals surface area (Å²) in [5.41, 5.74) is 4.89. The molecule has 1 aliphatic heterocycles. The molecule has 1 unspecified atom stereocenters. The first-order valence-electron chi connectivity index (χ1n) is 9.99. The van der Waals surface area contributed by atoms with Gasteiger partial charge >= 0.3 is 6.03 Å². The number of aromatic nitrogens is 2. The fourth-order valence-corrected chi connectivity index (χ4v) is 5.40. The third-order valence-corrected chi connectivity index (χ3v) is 6.96. The summed E-state index contributed by atoms with van der Waals surface area (Å²) in [5, 5.41) is 17.1. The van der Waals surface area contributed by atoms with E-state index in [2.05, 4.69) is 20.8 Å². The van der Waals surface area contributed by atoms with Crippen LogP contribution in [-0.4, -0.2) is 37.3 Å². The molecule has 2 amide bonds. The van der Waals surface area contributed by atoms with Crippen molar-refractivity contribution >= 4 is 22.3 Å². The molecule has 9 heteroatoms. The van der Waals surface area contributed by atoms with Crippen molar-refractivity contribution in [1.29, 1.82) is 0 Å². The summed E-state index contributed by atoms with van der Waals surface area (Å²) in [6.07, 6.45) is 7.57. The number of nitrogens with one attached hydrogen (secondary N) is 1. The average Bonchev–Trinajstić information content (AvgIpc) is 3.38. The maximum atomic E-state index is 12.7. The fraction of sp³-hybridized carbons (Fsp3) is 0.500. The summed E-state index contributed by atoms with van der Waals surface area (Å²) in [6, 6.07) is 1.69. The van der Waals surface area contributed by atoms with Gasteiger partial charge in [-0.05, 0) is 67.7 Å². The summed E-state index contributed by atoms with van der Waals surface area (Å²) < 4.78 is 23.6. The number of thiol groups is 1. The van der Waals surface area contributed by atoms with Crippen LogP contribution in [0.5, 0.6) is 5.88 Å². The standard InChI is InChI=1S/C20H24N4O4S/c1-20(26)10-24-18(28-11-20)16(9-21-24)29(27)23-19(25)22-17-14-6-2-4-12(14)8-13-5-3-7-15(13)17/h8-9,26,29H,2-7,10-11H2,1H3,(H,22,25)/t20-/m1/s1. The van der Waals surface area contributed by atoms with Gasteiger partial charge in [0.1, 0.15) is 17.1 Å². The van der Waals surface area contributed by atoms with E-state index in [0.29, 0.717) is 5.88 Å². The minimum atomic E-state index is -2.36. The molecule has 2 atom stereocenters. The van der Waals surface area contributed by atoms with E-state index in [4.69, 9.17) is 4.74 Å². The molecule has 0 spiro atoms. The normalized spacial score (nSPS) is 23.2. The topological polar surface area (TPSA) is 106 Å². The highest BCUT2D eigenvalue weighted by molar-refractivity contribution is 7.75. The second-order valence-electron chi connectivity index (χ2n) is 8.32. The van der Waals surface area contributed by atoms with Crippen LogP contribution in [0.25, 0.3) is 0 Å². The predicted octanol–water partition coefficient (Wildman–Crippen LogP) is 2.26. The molecule has 8 nitrogen and oxygen atoms in total. The van der Waals surface area contributed by atoms with Gasteiger partial charge in [0.05, 0.1) is 23.3 Å². The molecule has 0 radical (unpaired) electrons. The van der Waals surface area contributed by atoms with Gasteiger partial charge in [0, 0.05) is 5.69 Å². The lowest BCUT2D eigenvalue weighted by Gasteiger charge is -2.29. The van der Waals surface area contributed by atoms with Crippen molar-refractivity contribution < 1.29 is 18.8 Å². The molecule has 0 saturated carbocycles. The Bertz CT molecular complexity index is 1070. The van der Waals surface area contributed by atoms with Gasteiger partial charge in [0.15, 0.2) is 0 Å². The van der Waals surface area contributed by atoms with Crippen molar-refractivity contribution in [2.45, 2.75) is 62.5 Å². The first-order valence-corrected chi connectivity index (χ1v) is 11.2. The first-order chi connectivity index (χ1) is 13.9. The van der Waals surface area contributed by atoms with E-state index in [1.54, 1.807) is 6.92 Å². The lowest BCUT2D eigenvalue weighted by atomic mass is 9.99. The highest BCUT2D eigenvalue weighted by Gasteiger charge is 2.31. The molecule has 154 valence electrons. The number of benzene rings is 1. The molecule has 1 aromatic heterocycles. The van der Waals surface area contributed by atoms with E-state index in [1.807, 2.05) is 0 Å². The number of carbonyl (C=O) groups excluding carboxylic acids is 1. The zero-order chi connectivity index (χ0) is 20.2. The largest absolute Gasteiger partial charge is 0.474 e. The van der Waals surface area contributed by atoms with Crippen molar-refractivity contribution in [3.63, 3.8) is 0 Å².